The third kappa shape index (κ3) is 6.84. The Bertz CT molecular complexity index is 2320. The Morgan fingerprint density at radius 1 is 0.837 bits per heavy atom. The molecule has 246 valence electrons. The zero-order valence-electron chi connectivity index (χ0n) is 26.6. The van der Waals surface area contributed by atoms with Crippen molar-refractivity contribution in [1.82, 2.24) is 4.98 Å². The van der Waals surface area contributed by atoms with Crippen LogP contribution in [-0.2, 0) is 16.4 Å². The number of ether oxygens (including phenoxy) is 1. The minimum Gasteiger partial charge on any atom is -0.497 e. The summed E-state index contributed by atoms with van der Waals surface area (Å²) in [7, 11) is -2.61. The molecule has 6 rings (SSSR count). The number of nitrogens with two attached hydrogens (primary N) is 1. The Labute approximate surface area is 283 Å². The summed E-state index contributed by atoms with van der Waals surface area (Å²) in [5, 5.41) is 15.7. The van der Waals surface area contributed by atoms with Crippen LogP contribution in [0.4, 0.5) is 17.1 Å². The molecule has 0 aliphatic heterocycles. The lowest BCUT2D eigenvalue weighted by atomic mass is 10.0. The SMILES string of the molecule is COc1cccc(Nc2c(C(N)=O)cnc3c(C)cc(S(=O)(=O)c4cccc(C(=O)Nc5ccc(-c6ccc(CO)cc6)cc5)c4)cc23)c1. The van der Waals surface area contributed by atoms with E-state index in [1.54, 1.807) is 43.3 Å². The molecule has 0 aliphatic rings. The van der Waals surface area contributed by atoms with Crippen LogP contribution >= 0.6 is 0 Å². The standard InChI is InChI=1S/C38H32N4O6S/c1-23-17-32(20-33-35(23)40-21-34(37(39)44)36(33)41-29-6-4-7-30(19-29)48-2)49(46,47)31-8-3-5-27(18-31)38(45)42-28-15-13-26(14-16-28)25-11-9-24(22-43)10-12-25/h3-21,43H,22H2,1-2H3,(H2,39,44)(H,40,41)(H,42,45). The molecule has 1 heterocycles. The fourth-order valence-corrected chi connectivity index (χ4v) is 6.88. The zero-order valence-corrected chi connectivity index (χ0v) is 27.4. The molecule has 0 atom stereocenters. The Kier molecular flexibility index (Phi) is 9.12. The number of aromatic nitrogens is 1. The summed E-state index contributed by atoms with van der Waals surface area (Å²) in [6, 6.07) is 30.6. The third-order valence-corrected chi connectivity index (χ3v) is 9.80. The molecule has 0 unspecified atom stereocenters. The number of aliphatic hydroxyl groups is 1. The van der Waals surface area contributed by atoms with Crippen LogP contribution in [0, 0.1) is 6.92 Å². The van der Waals surface area contributed by atoms with E-state index in [9.17, 15) is 23.1 Å². The van der Waals surface area contributed by atoms with Gasteiger partial charge in [-0.15, -0.1) is 0 Å². The number of hydrogen-bond acceptors (Lipinski definition) is 8. The molecule has 0 spiro atoms. The van der Waals surface area contributed by atoms with Gasteiger partial charge < -0.3 is 26.2 Å². The number of benzene rings is 5. The van der Waals surface area contributed by atoms with Crippen LogP contribution in [0.5, 0.6) is 5.75 Å². The normalized spacial score (nSPS) is 11.2. The van der Waals surface area contributed by atoms with Crippen LogP contribution in [0.25, 0.3) is 22.0 Å². The summed E-state index contributed by atoms with van der Waals surface area (Å²) in [6.45, 7) is 1.70. The summed E-state index contributed by atoms with van der Waals surface area (Å²) >= 11 is 0. The molecule has 10 nitrogen and oxygen atoms in total. The van der Waals surface area contributed by atoms with Crippen molar-refractivity contribution in [2.24, 2.45) is 5.73 Å². The number of aryl methyl sites for hydroxylation is 1. The molecule has 1 aromatic heterocycles. The monoisotopic (exact) mass is 672 g/mol. The predicted octanol–water partition coefficient (Wildman–Crippen LogP) is 6.64. The smallest absolute Gasteiger partial charge is 0.255 e. The first kappa shape index (κ1) is 32.9. The third-order valence-electron chi connectivity index (χ3n) is 8.07. The second kappa shape index (κ2) is 13.6. The summed E-state index contributed by atoms with van der Waals surface area (Å²) in [5.41, 5.74) is 11.1. The highest BCUT2D eigenvalue weighted by Crippen LogP contribution is 2.35. The lowest BCUT2D eigenvalue weighted by Crippen LogP contribution is -2.15. The predicted molar refractivity (Wildman–Crippen MR) is 189 cm³/mol. The number of carbonyl (C=O) groups excluding carboxylic acids is 2. The van der Waals surface area contributed by atoms with Crippen molar-refractivity contribution < 1.29 is 27.9 Å². The minimum absolute atomic E-state index is 0.0333. The van der Waals surface area contributed by atoms with Gasteiger partial charge >= 0.3 is 0 Å². The van der Waals surface area contributed by atoms with E-state index < -0.39 is 21.7 Å². The average molecular weight is 673 g/mol. The van der Waals surface area contributed by atoms with Crippen molar-refractivity contribution in [3.63, 3.8) is 0 Å². The maximum atomic E-state index is 14.1. The molecule has 6 aromatic rings. The highest BCUT2D eigenvalue weighted by molar-refractivity contribution is 7.91. The zero-order chi connectivity index (χ0) is 34.7. The number of sulfone groups is 1. The van der Waals surface area contributed by atoms with Crippen LogP contribution in [0.15, 0.2) is 125 Å². The Morgan fingerprint density at radius 3 is 2.20 bits per heavy atom. The van der Waals surface area contributed by atoms with Gasteiger partial charge in [0.2, 0.25) is 9.84 Å². The number of hydrogen-bond donors (Lipinski definition) is 4. The number of fused-ring (bicyclic) bond motifs is 1. The number of carbonyl (C=O) groups is 2. The number of anilines is 3. The first-order valence-electron chi connectivity index (χ1n) is 15.2. The Hall–Kier alpha value is -6.04. The van der Waals surface area contributed by atoms with E-state index in [4.69, 9.17) is 10.5 Å². The molecule has 0 saturated carbocycles. The van der Waals surface area contributed by atoms with Gasteiger partial charge in [-0.05, 0) is 83.8 Å². The van der Waals surface area contributed by atoms with Gasteiger partial charge in [0, 0.05) is 34.6 Å². The van der Waals surface area contributed by atoms with E-state index in [2.05, 4.69) is 15.6 Å². The highest BCUT2D eigenvalue weighted by Gasteiger charge is 2.23. The van der Waals surface area contributed by atoms with Crippen LogP contribution in [0.1, 0.15) is 31.8 Å². The summed E-state index contributed by atoms with van der Waals surface area (Å²) in [4.78, 5) is 30.0. The van der Waals surface area contributed by atoms with E-state index >= 15 is 0 Å². The number of nitrogens with zero attached hydrogens (tertiary/aromatic N) is 1. The summed E-state index contributed by atoms with van der Waals surface area (Å²) in [5.74, 6) is -0.642. The number of rotatable bonds is 10. The molecule has 5 aromatic carbocycles. The molecule has 5 N–H and O–H groups in total. The van der Waals surface area contributed by atoms with Crippen LogP contribution in [0.2, 0.25) is 0 Å². The number of methoxy groups -OCH3 is 1. The molecule has 11 heteroatoms. The van der Waals surface area contributed by atoms with E-state index in [1.165, 1.54) is 49.7 Å². The maximum absolute atomic E-state index is 14.1. The van der Waals surface area contributed by atoms with Crippen LogP contribution < -0.4 is 21.1 Å². The number of pyridine rings is 1. The number of amides is 2. The number of primary amides is 1. The summed E-state index contributed by atoms with van der Waals surface area (Å²) in [6.07, 6.45) is 1.36. The molecular weight excluding hydrogens is 641 g/mol. The topological polar surface area (TPSA) is 161 Å². The summed E-state index contributed by atoms with van der Waals surface area (Å²) < 4.78 is 33.4. The Morgan fingerprint density at radius 2 is 1.53 bits per heavy atom. The van der Waals surface area contributed by atoms with Gasteiger partial charge in [-0.1, -0.05) is 48.5 Å². The van der Waals surface area contributed by atoms with Crippen molar-refractivity contribution >= 4 is 49.6 Å². The molecule has 49 heavy (non-hydrogen) atoms. The molecule has 0 fully saturated rings. The Balaban J connectivity index is 1.31. The van der Waals surface area contributed by atoms with Gasteiger partial charge in [0.05, 0.1) is 40.3 Å². The van der Waals surface area contributed by atoms with E-state index in [1.807, 2.05) is 36.4 Å². The molecule has 0 radical (unpaired) electrons. The van der Waals surface area contributed by atoms with Gasteiger partial charge in [-0.3, -0.25) is 14.6 Å². The molecule has 0 saturated heterocycles. The fraction of sp³-hybridized carbons (Fsp3) is 0.0789. The van der Waals surface area contributed by atoms with Gasteiger partial charge in [0.25, 0.3) is 11.8 Å². The van der Waals surface area contributed by atoms with Gasteiger partial charge in [-0.2, -0.15) is 0 Å². The lowest BCUT2D eigenvalue weighted by molar-refractivity contribution is 0.0998. The van der Waals surface area contributed by atoms with Gasteiger partial charge in [0.1, 0.15) is 5.75 Å². The number of aliphatic hydroxyl groups excluding tert-OH is 1. The first-order chi connectivity index (χ1) is 23.6. The highest BCUT2D eigenvalue weighted by atomic mass is 32.2. The molecule has 0 aliphatic carbocycles. The van der Waals surface area contributed by atoms with Crippen molar-refractivity contribution in [2.45, 2.75) is 23.3 Å². The maximum Gasteiger partial charge on any atom is 0.255 e. The van der Waals surface area contributed by atoms with Crippen molar-refractivity contribution in [3.8, 4) is 16.9 Å². The average Bonchev–Trinajstić information content (AvgIpc) is 3.12. The van der Waals surface area contributed by atoms with Gasteiger partial charge in [0.15, 0.2) is 0 Å². The largest absolute Gasteiger partial charge is 0.497 e. The van der Waals surface area contributed by atoms with Crippen molar-refractivity contribution in [1.29, 1.82) is 0 Å². The van der Waals surface area contributed by atoms with E-state index in [-0.39, 0.29) is 27.5 Å². The first-order valence-corrected chi connectivity index (χ1v) is 16.7. The second-order valence-corrected chi connectivity index (χ2v) is 13.3. The minimum atomic E-state index is -4.14. The molecule has 2 amide bonds. The van der Waals surface area contributed by atoms with Crippen molar-refractivity contribution in [3.05, 3.63) is 138 Å². The fourth-order valence-electron chi connectivity index (χ4n) is 5.46. The van der Waals surface area contributed by atoms with Crippen LogP contribution in [0.3, 0.4) is 0 Å². The second-order valence-electron chi connectivity index (χ2n) is 11.3. The quantitative estimate of drug-likeness (QED) is 0.126. The number of nitrogens with one attached hydrogen (secondary N) is 2. The van der Waals surface area contributed by atoms with Gasteiger partial charge in [-0.25, -0.2) is 8.42 Å². The lowest BCUT2D eigenvalue weighted by Gasteiger charge is -2.16. The van der Waals surface area contributed by atoms with E-state index in [0.717, 1.165) is 16.7 Å². The molecular formula is C38H32N4O6S. The van der Waals surface area contributed by atoms with E-state index in [0.29, 0.717) is 39.3 Å². The molecule has 0 bridgehead atoms. The van der Waals surface area contributed by atoms with Crippen LogP contribution in [-0.4, -0.2) is 37.4 Å². The van der Waals surface area contributed by atoms with Crippen molar-refractivity contribution in [2.75, 3.05) is 17.7 Å².